The molecule has 0 aliphatic heterocycles. The highest BCUT2D eigenvalue weighted by atomic mass is 79.9. The standard InChI is InChI=1S/C11H12Br2ClNO2S/c12-8-1-2-10(13)11(5-8)18(16,17)15-6-7-3-9(14)4-7/h1-2,5,7,9,15H,3-4,6H2. The molecule has 1 aromatic rings. The molecule has 1 N–H and O–H groups in total. The second kappa shape index (κ2) is 5.79. The predicted molar refractivity (Wildman–Crippen MR) is 79.4 cm³/mol. The summed E-state index contributed by atoms with van der Waals surface area (Å²) in [6.45, 7) is 0.449. The van der Waals surface area contributed by atoms with Crippen LogP contribution >= 0.6 is 43.5 Å². The largest absolute Gasteiger partial charge is 0.241 e. The summed E-state index contributed by atoms with van der Waals surface area (Å²) in [4.78, 5) is 0.249. The summed E-state index contributed by atoms with van der Waals surface area (Å²) >= 11 is 12.4. The number of nitrogens with one attached hydrogen (secondary N) is 1. The van der Waals surface area contributed by atoms with E-state index in [1.165, 1.54) is 0 Å². The van der Waals surface area contributed by atoms with Crippen LogP contribution in [0.15, 0.2) is 32.0 Å². The van der Waals surface area contributed by atoms with Crippen LogP contribution in [0.25, 0.3) is 0 Å². The monoisotopic (exact) mass is 415 g/mol. The Morgan fingerprint density at radius 2 is 2.00 bits per heavy atom. The number of benzene rings is 1. The van der Waals surface area contributed by atoms with Crippen LogP contribution in [0.5, 0.6) is 0 Å². The average molecular weight is 418 g/mol. The zero-order chi connectivity index (χ0) is 13.3. The molecular formula is C11H12Br2ClNO2S. The Hall–Kier alpha value is 0.380. The van der Waals surface area contributed by atoms with E-state index in [0.29, 0.717) is 16.9 Å². The summed E-state index contributed by atoms with van der Waals surface area (Å²) in [5, 5.41) is 0.206. The number of alkyl halides is 1. The molecule has 1 aliphatic rings. The highest BCUT2D eigenvalue weighted by Gasteiger charge is 2.29. The lowest BCUT2D eigenvalue weighted by atomic mass is 9.85. The first-order valence-electron chi connectivity index (χ1n) is 5.47. The van der Waals surface area contributed by atoms with Gasteiger partial charge in [-0.15, -0.1) is 11.6 Å². The van der Waals surface area contributed by atoms with Gasteiger partial charge in [0.15, 0.2) is 0 Å². The fraction of sp³-hybridized carbons (Fsp3) is 0.455. The summed E-state index contributed by atoms with van der Waals surface area (Å²) in [6.07, 6.45) is 1.76. The lowest BCUT2D eigenvalue weighted by molar-refractivity contribution is 0.324. The third kappa shape index (κ3) is 3.48. The van der Waals surface area contributed by atoms with Crippen molar-refractivity contribution in [3.05, 3.63) is 27.1 Å². The molecule has 1 aliphatic carbocycles. The number of hydrogen-bond donors (Lipinski definition) is 1. The van der Waals surface area contributed by atoms with Gasteiger partial charge in [0.1, 0.15) is 0 Å². The molecule has 0 unspecified atom stereocenters. The molecule has 1 saturated carbocycles. The van der Waals surface area contributed by atoms with Crippen LogP contribution < -0.4 is 4.72 Å². The van der Waals surface area contributed by atoms with Crippen molar-refractivity contribution in [2.75, 3.05) is 6.54 Å². The molecule has 0 aromatic heterocycles. The molecule has 0 saturated heterocycles. The van der Waals surface area contributed by atoms with Crippen LogP contribution in [0.4, 0.5) is 0 Å². The quantitative estimate of drug-likeness (QED) is 0.762. The van der Waals surface area contributed by atoms with Crippen molar-refractivity contribution in [3.8, 4) is 0 Å². The number of sulfonamides is 1. The van der Waals surface area contributed by atoms with Crippen LogP contribution in [-0.4, -0.2) is 20.3 Å². The minimum absolute atomic E-state index is 0.206. The first-order chi connectivity index (χ1) is 8.38. The van der Waals surface area contributed by atoms with Crippen molar-refractivity contribution in [3.63, 3.8) is 0 Å². The maximum atomic E-state index is 12.1. The average Bonchev–Trinajstić information content (AvgIpc) is 2.26. The number of halogens is 3. The molecule has 0 radical (unpaired) electrons. The molecule has 0 atom stereocenters. The van der Waals surface area contributed by atoms with Crippen molar-refractivity contribution in [2.24, 2.45) is 5.92 Å². The van der Waals surface area contributed by atoms with E-state index in [-0.39, 0.29) is 10.3 Å². The van der Waals surface area contributed by atoms with Gasteiger partial charge in [-0.1, -0.05) is 15.9 Å². The maximum absolute atomic E-state index is 12.1. The van der Waals surface area contributed by atoms with E-state index in [1.54, 1.807) is 18.2 Å². The van der Waals surface area contributed by atoms with Gasteiger partial charge in [0.05, 0.1) is 4.90 Å². The summed E-state index contributed by atoms with van der Waals surface area (Å²) in [5.41, 5.74) is 0. The molecule has 0 bridgehead atoms. The summed E-state index contributed by atoms with van der Waals surface area (Å²) < 4.78 is 28.2. The first-order valence-corrected chi connectivity index (χ1v) is 8.98. The number of hydrogen-bond acceptors (Lipinski definition) is 2. The van der Waals surface area contributed by atoms with Crippen LogP contribution in [0.1, 0.15) is 12.8 Å². The first kappa shape index (κ1) is 14.8. The molecule has 18 heavy (non-hydrogen) atoms. The van der Waals surface area contributed by atoms with Gasteiger partial charge >= 0.3 is 0 Å². The van der Waals surface area contributed by atoms with Gasteiger partial charge in [0, 0.05) is 20.9 Å². The highest BCUT2D eigenvalue weighted by molar-refractivity contribution is 9.11. The van der Waals surface area contributed by atoms with Crippen LogP contribution in [-0.2, 0) is 10.0 Å². The van der Waals surface area contributed by atoms with Gasteiger partial charge in [-0.2, -0.15) is 0 Å². The Bertz CT molecular complexity index is 544. The Balaban J connectivity index is 2.08. The minimum atomic E-state index is -3.47. The third-order valence-electron chi connectivity index (χ3n) is 2.92. The lowest BCUT2D eigenvalue weighted by Crippen LogP contribution is -2.36. The zero-order valence-electron chi connectivity index (χ0n) is 9.37. The third-order valence-corrected chi connectivity index (χ3v) is 6.19. The van der Waals surface area contributed by atoms with E-state index in [2.05, 4.69) is 36.6 Å². The van der Waals surface area contributed by atoms with E-state index in [4.69, 9.17) is 11.6 Å². The van der Waals surface area contributed by atoms with Crippen molar-refractivity contribution in [1.82, 2.24) is 4.72 Å². The number of rotatable bonds is 4. The normalized spacial score (nSPS) is 23.7. The van der Waals surface area contributed by atoms with Gasteiger partial charge in [-0.25, -0.2) is 13.1 Å². The van der Waals surface area contributed by atoms with E-state index in [0.717, 1.165) is 17.3 Å². The van der Waals surface area contributed by atoms with Gasteiger partial charge in [-0.05, 0) is 52.9 Å². The smallest absolute Gasteiger partial charge is 0.211 e. The molecule has 0 heterocycles. The van der Waals surface area contributed by atoms with E-state index in [1.807, 2.05) is 0 Å². The molecular weight excluding hydrogens is 405 g/mol. The van der Waals surface area contributed by atoms with Crippen molar-refractivity contribution < 1.29 is 8.42 Å². The molecule has 100 valence electrons. The summed E-state index contributed by atoms with van der Waals surface area (Å²) in [5.74, 6) is 0.355. The van der Waals surface area contributed by atoms with Crippen LogP contribution in [0.3, 0.4) is 0 Å². The SMILES string of the molecule is O=S(=O)(NCC1CC(Cl)C1)c1cc(Br)ccc1Br. The molecule has 1 fully saturated rings. The molecule has 0 spiro atoms. The second-order valence-corrected chi connectivity index (χ2v) is 8.48. The fourth-order valence-corrected chi connectivity index (χ4v) is 4.93. The Morgan fingerprint density at radius 3 is 2.61 bits per heavy atom. The predicted octanol–water partition coefficient (Wildman–Crippen LogP) is 3.51. The Kier molecular flexibility index (Phi) is 4.75. The van der Waals surface area contributed by atoms with Gasteiger partial charge in [0.2, 0.25) is 10.0 Å². The van der Waals surface area contributed by atoms with Crippen molar-refractivity contribution in [2.45, 2.75) is 23.1 Å². The van der Waals surface area contributed by atoms with Crippen LogP contribution in [0.2, 0.25) is 0 Å². The molecule has 7 heteroatoms. The van der Waals surface area contributed by atoms with Crippen LogP contribution in [0, 0.1) is 5.92 Å². The zero-order valence-corrected chi connectivity index (χ0v) is 14.1. The Morgan fingerprint density at radius 1 is 1.33 bits per heavy atom. The maximum Gasteiger partial charge on any atom is 0.241 e. The fourth-order valence-electron chi connectivity index (χ4n) is 1.81. The van der Waals surface area contributed by atoms with E-state index in [9.17, 15) is 8.42 Å². The molecule has 0 amide bonds. The second-order valence-electron chi connectivity index (χ2n) is 4.36. The van der Waals surface area contributed by atoms with E-state index >= 15 is 0 Å². The van der Waals surface area contributed by atoms with Gasteiger partial charge < -0.3 is 0 Å². The van der Waals surface area contributed by atoms with E-state index < -0.39 is 10.0 Å². The van der Waals surface area contributed by atoms with Crippen molar-refractivity contribution >= 4 is 53.5 Å². The topological polar surface area (TPSA) is 46.2 Å². The molecule has 2 rings (SSSR count). The lowest BCUT2D eigenvalue weighted by Gasteiger charge is -2.30. The van der Waals surface area contributed by atoms with Gasteiger partial charge in [-0.3, -0.25) is 0 Å². The summed E-state index contributed by atoms with van der Waals surface area (Å²) in [7, 11) is -3.47. The van der Waals surface area contributed by atoms with Crippen molar-refractivity contribution in [1.29, 1.82) is 0 Å². The molecule has 3 nitrogen and oxygen atoms in total. The van der Waals surface area contributed by atoms with Gasteiger partial charge in [0.25, 0.3) is 0 Å². The summed E-state index contributed by atoms with van der Waals surface area (Å²) in [6, 6.07) is 5.07. The minimum Gasteiger partial charge on any atom is -0.211 e. The molecule has 1 aromatic carbocycles. The Labute approximate surface area is 129 Å². The highest BCUT2D eigenvalue weighted by Crippen LogP contribution is 2.32.